The second-order valence-corrected chi connectivity index (χ2v) is 3.70. The number of halogens is 2. The monoisotopic (exact) mass is 213 g/mol. The number of hydrogen-bond donors (Lipinski definition) is 1. The lowest BCUT2D eigenvalue weighted by Gasteiger charge is -2.14. The van der Waals surface area contributed by atoms with Crippen molar-refractivity contribution >= 4 is 0 Å². The summed E-state index contributed by atoms with van der Waals surface area (Å²) in [5.74, 6) is -1.02. The fraction of sp³-hybridized carbons (Fsp3) is 0.455. The fourth-order valence-electron chi connectivity index (χ4n) is 1.96. The van der Waals surface area contributed by atoms with Crippen molar-refractivity contribution in [3.05, 3.63) is 29.3 Å². The highest BCUT2D eigenvalue weighted by atomic mass is 19.2. The molecule has 1 aromatic rings. The number of rotatable bonds is 2. The van der Waals surface area contributed by atoms with E-state index in [0.717, 1.165) is 31.1 Å². The van der Waals surface area contributed by atoms with E-state index in [1.807, 2.05) is 0 Å². The average molecular weight is 213 g/mol. The second-order valence-electron chi connectivity index (χ2n) is 3.70. The Labute approximate surface area is 87.2 Å². The summed E-state index contributed by atoms with van der Waals surface area (Å²) >= 11 is 0. The zero-order chi connectivity index (χ0) is 10.8. The Kier molecular flexibility index (Phi) is 2.86. The molecule has 1 aromatic carbocycles. The molecule has 2 nitrogen and oxygen atoms in total. The molecule has 1 aliphatic heterocycles. The highest BCUT2D eigenvalue weighted by molar-refractivity contribution is 5.38. The van der Waals surface area contributed by atoms with Crippen molar-refractivity contribution in [2.24, 2.45) is 0 Å². The van der Waals surface area contributed by atoms with E-state index < -0.39 is 11.6 Å². The van der Waals surface area contributed by atoms with Crippen LogP contribution in [0.2, 0.25) is 0 Å². The maximum absolute atomic E-state index is 13.1. The van der Waals surface area contributed by atoms with Gasteiger partial charge in [-0.2, -0.15) is 0 Å². The smallest absolute Gasteiger partial charge is 0.162 e. The first-order valence-electron chi connectivity index (χ1n) is 4.96. The van der Waals surface area contributed by atoms with Crippen molar-refractivity contribution in [3.8, 4) is 5.75 Å². The van der Waals surface area contributed by atoms with Gasteiger partial charge in [-0.05, 0) is 19.0 Å². The van der Waals surface area contributed by atoms with Crippen molar-refractivity contribution in [3.63, 3.8) is 0 Å². The van der Waals surface area contributed by atoms with Crippen LogP contribution in [0.25, 0.3) is 0 Å². The van der Waals surface area contributed by atoms with Crippen LogP contribution in [-0.2, 0) is 0 Å². The van der Waals surface area contributed by atoms with Crippen molar-refractivity contribution in [2.45, 2.75) is 12.3 Å². The van der Waals surface area contributed by atoms with Crippen LogP contribution in [0.1, 0.15) is 17.9 Å². The molecule has 0 spiro atoms. The topological polar surface area (TPSA) is 21.3 Å². The predicted molar refractivity (Wildman–Crippen MR) is 53.1 cm³/mol. The van der Waals surface area contributed by atoms with Gasteiger partial charge in [0.2, 0.25) is 0 Å². The highest BCUT2D eigenvalue weighted by Crippen LogP contribution is 2.32. The Morgan fingerprint density at radius 3 is 2.67 bits per heavy atom. The first-order valence-corrected chi connectivity index (χ1v) is 4.96. The van der Waals surface area contributed by atoms with Crippen LogP contribution in [0.3, 0.4) is 0 Å². The predicted octanol–water partition coefficient (Wildman–Crippen LogP) is 2.05. The quantitative estimate of drug-likeness (QED) is 0.811. The summed E-state index contributed by atoms with van der Waals surface area (Å²) < 4.78 is 31.1. The molecule has 0 amide bonds. The van der Waals surface area contributed by atoms with E-state index in [-0.39, 0.29) is 5.92 Å². The van der Waals surface area contributed by atoms with Gasteiger partial charge >= 0.3 is 0 Å². The minimum absolute atomic E-state index is 0.218. The molecule has 82 valence electrons. The first kappa shape index (κ1) is 10.4. The molecule has 1 heterocycles. The molecule has 0 aromatic heterocycles. The van der Waals surface area contributed by atoms with E-state index in [4.69, 9.17) is 4.74 Å². The Balaban J connectivity index is 2.39. The molecule has 0 saturated carbocycles. The van der Waals surface area contributed by atoms with Crippen LogP contribution in [0.5, 0.6) is 5.75 Å². The molecular weight excluding hydrogens is 200 g/mol. The van der Waals surface area contributed by atoms with Crippen LogP contribution >= 0.6 is 0 Å². The second kappa shape index (κ2) is 4.14. The molecule has 1 fully saturated rings. The van der Waals surface area contributed by atoms with E-state index in [1.54, 1.807) is 0 Å². The molecule has 0 bridgehead atoms. The molecule has 0 radical (unpaired) electrons. The highest BCUT2D eigenvalue weighted by Gasteiger charge is 2.22. The van der Waals surface area contributed by atoms with Gasteiger partial charge in [0.15, 0.2) is 11.6 Å². The summed E-state index contributed by atoms with van der Waals surface area (Å²) in [6.07, 6.45) is 0.932. The fourth-order valence-corrected chi connectivity index (χ4v) is 1.96. The lowest BCUT2D eigenvalue weighted by atomic mass is 9.97. The van der Waals surface area contributed by atoms with Crippen LogP contribution in [0.4, 0.5) is 8.78 Å². The van der Waals surface area contributed by atoms with Crippen LogP contribution < -0.4 is 10.1 Å². The molecule has 2 rings (SSSR count). The lowest BCUT2D eigenvalue weighted by Crippen LogP contribution is -2.09. The third kappa shape index (κ3) is 1.95. The standard InChI is InChI=1S/C11H13F2NO/c1-15-11-5-10(13)9(12)4-8(11)7-2-3-14-6-7/h4-5,7,14H,2-3,6H2,1H3. The lowest BCUT2D eigenvalue weighted by molar-refractivity contribution is 0.397. The number of methoxy groups -OCH3 is 1. The number of hydrogen-bond acceptors (Lipinski definition) is 2. The number of benzene rings is 1. The normalized spacial score (nSPS) is 20.6. The summed E-state index contributed by atoms with van der Waals surface area (Å²) in [6.45, 7) is 1.70. The Morgan fingerprint density at radius 2 is 2.07 bits per heavy atom. The van der Waals surface area contributed by atoms with Crippen molar-refractivity contribution in [1.82, 2.24) is 5.32 Å². The third-order valence-electron chi connectivity index (χ3n) is 2.77. The average Bonchev–Trinajstić information content (AvgIpc) is 2.74. The summed E-state index contributed by atoms with van der Waals surface area (Å²) in [5.41, 5.74) is 0.751. The molecule has 4 heteroatoms. The van der Waals surface area contributed by atoms with E-state index >= 15 is 0 Å². The van der Waals surface area contributed by atoms with E-state index in [0.29, 0.717) is 5.75 Å². The largest absolute Gasteiger partial charge is 0.496 e. The van der Waals surface area contributed by atoms with E-state index in [1.165, 1.54) is 13.2 Å². The summed E-state index contributed by atoms with van der Waals surface area (Å²) in [6, 6.07) is 2.36. The number of nitrogens with one attached hydrogen (secondary N) is 1. The van der Waals surface area contributed by atoms with Gasteiger partial charge in [0.25, 0.3) is 0 Å². The Bertz CT molecular complexity index is 362. The first-order chi connectivity index (χ1) is 7.22. The summed E-state index contributed by atoms with van der Waals surface area (Å²) in [4.78, 5) is 0. The van der Waals surface area contributed by atoms with Gasteiger partial charge in [-0.15, -0.1) is 0 Å². The number of ether oxygens (including phenoxy) is 1. The molecule has 1 N–H and O–H groups in total. The summed E-state index contributed by atoms with van der Waals surface area (Å²) in [7, 11) is 1.47. The maximum Gasteiger partial charge on any atom is 0.162 e. The molecule has 1 aliphatic rings. The molecule has 1 atom stereocenters. The van der Waals surface area contributed by atoms with Crippen molar-refractivity contribution < 1.29 is 13.5 Å². The van der Waals surface area contributed by atoms with Gasteiger partial charge in [0, 0.05) is 24.1 Å². The Hall–Kier alpha value is -1.16. The molecule has 1 unspecified atom stereocenters. The van der Waals surface area contributed by atoms with Gasteiger partial charge in [0.05, 0.1) is 7.11 Å². The van der Waals surface area contributed by atoms with Gasteiger partial charge in [-0.3, -0.25) is 0 Å². The zero-order valence-corrected chi connectivity index (χ0v) is 8.52. The van der Waals surface area contributed by atoms with Crippen molar-refractivity contribution in [1.29, 1.82) is 0 Å². The van der Waals surface area contributed by atoms with Gasteiger partial charge in [-0.25, -0.2) is 8.78 Å². The van der Waals surface area contributed by atoms with Crippen LogP contribution in [0.15, 0.2) is 12.1 Å². The SMILES string of the molecule is COc1cc(F)c(F)cc1C1CCNC1. The Morgan fingerprint density at radius 1 is 1.33 bits per heavy atom. The minimum atomic E-state index is -0.860. The van der Waals surface area contributed by atoms with E-state index in [9.17, 15) is 8.78 Å². The van der Waals surface area contributed by atoms with E-state index in [2.05, 4.69) is 5.32 Å². The molecule has 0 aliphatic carbocycles. The zero-order valence-electron chi connectivity index (χ0n) is 8.52. The maximum atomic E-state index is 13.1. The molecule has 15 heavy (non-hydrogen) atoms. The van der Waals surface area contributed by atoms with Gasteiger partial charge < -0.3 is 10.1 Å². The van der Waals surface area contributed by atoms with Crippen molar-refractivity contribution in [2.75, 3.05) is 20.2 Å². The molecular formula is C11H13F2NO. The van der Waals surface area contributed by atoms with Crippen LogP contribution in [-0.4, -0.2) is 20.2 Å². The van der Waals surface area contributed by atoms with Gasteiger partial charge in [0.1, 0.15) is 5.75 Å². The summed E-state index contributed by atoms with van der Waals surface area (Å²) in [5, 5.41) is 3.18. The minimum Gasteiger partial charge on any atom is -0.496 e. The third-order valence-corrected chi connectivity index (χ3v) is 2.77. The van der Waals surface area contributed by atoms with Crippen LogP contribution in [0, 0.1) is 11.6 Å². The molecule has 1 saturated heterocycles. The van der Waals surface area contributed by atoms with Gasteiger partial charge in [-0.1, -0.05) is 0 Å².